The number of likely N-dealkylation sites (tertiary alicyclic amines) is 1. The number of rotatable bonds is 2. The predicted molar refractivity (Wildman–Crippen MR) is 78.4 cm³/mol. The molecular weight excluding hydrogens is 234 g/mol. The summed E-state index contributed by atoms with van der Waals surface area (Å²) in [6.07, 6.45) is 11.6. The van der Waals surface area contributed by atoms with Crippen molar-refractivity contribution in [3.63, 3.8) is 0 Å². The van der Waals surface area contributed by atoms with Crippen molar-refractivity contribution < 1.29 is 0 Å². The third-order valence-electron chi connectivity index (χ3n) is 5.99. The molecule has 2 aliphatic heterocycles. The van der Waals surface area contributed by atoms with Crippen molar-refractivity contribution in [2.45, 2.75) is 69.0 Å². The van der Waals surface area contributed by atoms with Gasteiger partial charge in [0.2, 0.25) is 0 Å². The smallest absolute Gasteiger partial charge is 0.0309 e. The Hall–Kier alpha value is -0.120. The molecule has 4 aliphatic rings. The maximum Gasteiger partial charge on any atom is 0.0309 e. The molecule has 2 saturated carbocycles. The van der Waals surface area contributed by atoms with Gasteiger partial charge in [-0.3, -0.25) is 9.80 Å². The van der Waals surface area contributed by atoms with E-state index in [1.54, 1.807) is 0 Å². The van der Waals surface area contributed by atoms with Crippen molar-refractivity contribution in [2.24, 2.45) is 0 Å². The molecule has 1 N–H and O–H groups in total. The summed E-state index contributed by atoms with van der Waals surface area (Å²) < 4.78 is 0. The molecular formula is C16H29N3. The molecule has 4 fully saturated rings. The van der Waals surface area contributed by atoms with E-state index in [2.05, 4.69) is 15.1 Å². The minimum atomic E-state index is 0.490. The predicted octanol–water partition coefficient (Wildman–Crippen LogP) is 1.83. The Bertz CT molecular complexity index is 314. The molecule has 3 heteroatoms. The summed E-state index contributed by atoms with van der Waals surface area (Å²) in [5.41, 5.74) is 0.490. The van der Waals surface area contributed by atoms with Gasteiger partial charge in [0.25, 0.3) is 0 Å². The Morgan fingerprint density at radius 2 is 1.68 bits per heavy atom. The summed E-state index contributed by atoms with van der Waals surface area (Å²) in [6.45, 7) is 6.56. The van der Waals surface area contributed by atoms with Gasteiger partial charge in [-0.15, -0.1) is 0 Å². The van der Waals surface area contributed by atoms with Crippen LogP contribution in [0.4, 0.5) is 0 Å². The zero-order valence-electron chi connectivity index (χ0n) is 12.2. The average Bonchev–Trinajstić information content (AvgIpc) is 3.17. The number of nitrogens with one attached hydrogen (secondary N) is 1. The van der Waals surface area contributed by atoms with Crippen LogP contribution in [0.25, 0.3) is 0 Å². The molecule has 2 aliphatic carbocycles. The lowest BCUT2D eigenvalue weighted by Crippen LogP contribution is -2.63. The van der Waals surface area contributed by atoms with Gasteiger partial charge in [-0.1, -0.05) is 19.3 Å². The number of piperazine rings is 1. The first-order valence-corrected chi connectivity index (χ1v) is 8.58. The fourth-order valence-corrected chi connectivity index (χ4v) is 4.70. The van der Waals surface area contributed by atoms with E-state index < -0.39 is 0 Å². The molecule has 1 unspecified atom stereocenters. The van der Waals surface area contributed by atoms with E-state index >= 15 is 0 Å². The number of hydrogen-bond acceptors (Lipinski definition) is 3. The highest BCUT2D eigenvalue weighted by atomic mass is 15.3. The Balaban J connectivity index is 1.38. The van der Waals surface area contributed by atoms with Gasteiger partial charge in [-0.2, -0.15) is 0 Å². The summed E-state index contributed by atoms with van der Waals surface area (Å²) in [6, 6.07) is 1.83. The van der Waals surface area contributed by atoms with E-state index in [0.717, 1.165) is 12.1 Å². The molecule has 3 nitrogen and oxygen atoms in total. The molecule has 0 aromatic heterocycles. The average molecular weight is 263 g/mol. The van der Waals surface area contributed by atoms with Gasteiger partial charge in [0.05, 0.1) is 0 Å². The normalized spacial score (nSPS) is 36.9. The van der Waals surface area contributed by atoms with Crippen LogP contribution in [-0.4, -0.2) is 60.1 Å². The highest BCUT2D eigenvalue weighted by molar-refractivity contribution is 5.00. The van der Waals surface area contributed by atoms with E-state index in [-0.39, 0.29) is 0 Å². The second kappa shape index (κ2) is 5.01. The summed E-state index contributed by atoms with van der Waals surface area (Å²) in [5, 5.41) is 3.88. The molecule has 2 saturated heterocycles. The minimum Gasteiger partial charge on any atom is -0.309 e. The fraction of sp³-hybridized carbons (Fsp3) is 1.00. The lowest BCUT2D eigenvalue weighted by Gasteiger charge is -2.48. The molecule has 1 atom stereocenters. The first-order valence-electron chi connectivity index (χ1n) is 8.58. The Labute approximate surface area is 117 Å². The summed E-state index contributed by atoms with van der Waals surface area (Å²) >= 11 is 0. The largest absolute Gasteiger partial charge is 0.309 e. The first kappa shape index (κ1) is 12.6. The molecule has 0 aromatic rings. The van der Waals surface area contributed by atoms with Crippen molar-refractivity contribution >= 4 is 0 Å². The summed E-state index contributed by atoms with van der Waals surface area (Å²) in [5.74, 6) is 0. The van der Waals surface area contributed by atoms with Gasteiger partial charge in [-0.05, 0) is 32.1 Å². The third kappa shape index (κ3) is 2.57. The van der Waals surface area contributed by atoms with Crippen LogP contribution in [0.3, 0.4) is 0 Å². The Morgan fingerprint density at radius 1 is 0.842 bits per heavy atom. The zero-order chi connectivity index (χ0) is 12.7. The lowest BCUT2D eigenvalue weighted by atomic mass is 9.80. The van der Waals surface area contributed by atoms with Crippen molar-refractivity contribution in [2.75, 3.05) is 32.7 Å². The molecule has 0 radical (unpaired) electrons. The van der Waals surface area contributed by atoms with Gasteiger partial charge >= 0.3 is 0 Å². The molecule has 2 heterocycles. The molecule has 19 heavy (non-hydrogen) atoms. The van der Waals surface area contributed by atoms with Crippen LogP contribution in [-0.2, 0) is 0 Å². The van der Waals surface area contributed by atoms with Crippen molar-refractivity contribution in [3.05, 3.63) is 0 Å². The second-order valence-electron chi connectivity index (χ2n) is 7.41. The van der Waals surface area contributed by atoms with Crippen LogP contribution in [0, 0.1) is 0 Å². The molecule has 0 aromatic carbocycles. The lowest BCUT2D eigenvalue weighted by molar-refractivity contribution is 0.0695. The van der Waals surface area contributed by atoms with Gasteiger partial charge in [0, 0.05) is 50.3 Å². The summed E-state index contributed by atoms with van der Waals surface area (Å²) in [4.78, 5) is 5.60. The van der Waals surface area contributed by atoms with E-state index in [1.807, 2.05) is 0 Å². The maximum atomic E-state index is 3.88. The Kier molecular flexibility index (Phi) is 3.33. The maximum absolute atomic E-state index is 3.88. The zero-order valence-corrected chi connectivity index (χ0v) is 12.2. The van der Waals surface area contributed by atoms with Crippen LogP contribution < -0.4 is 5.32 Å². The molecule has 0 amide bonds. The molecule has 0 bridgehead atoms. The highest BCUT2D eigenvalue weighted by Crippen LogP contribution is 2.34. The minimum absolute atomic E-state index is 0.490. The fourth-order valence-electron chi connectivity index (χ4n) is 4.70. The molecule has 4 rings (SSSR count). The quantitative estimate of drug-likeness (QED) is 0.820. The number of hydrogen-bond donors (Lipinski definition) is 1. The van der Waals surface area contributed by atoms with E-state index in [9.17, 15) is 0 Å². The van der Waals surface area contributed by atoms with Crippen molar-refractivity contribution in [1.82, 2.24) is 15.1 Å². The van der Waals surface area contributed by atoms with E-state index in [0.29, 0.717) is 5.54 Å². The van der Waals surface area contributed by atoms with Crippen LogP contribution in [0.1, 0.15) is 51.4 Å². The van der Waals surface area contributed by atoms with E-state index in [1.165, 1.54) is 84.1 Å². The van der Waals surface area contributed by atoms with Crippen LogP contribution in [0.5, 0.6) is 0 Å². The standard InChI is InChI=1S/C16H29N3/c1-2-7-16(8-3-1)13-19(11-9-17-16)15-6-10-18(12-15)14-4-5-14/h14-15,17H,1-13H2. The first-order chi connectivity index (χ1) is 9.35. The van der Waals surface area contributed by atoms with Crippen LogP contribution in [0.2, 0.25) is 0 Å². The monoisotopic (exact) mass is 263 g/mol. The molecule has 108 valence electrons. The topological polar surface area (TPSA) is 18.5 Å². The van der Waals surface area contributed by atoms with Crippen molar-refractivity contribution in [3.8, 4) is 0 Å². The third-order valence-corrected chi connectivity index (χ3v) is 5.99. The number of nitrogens with zero attached hydrogens (tertiary/aromatic N) is 2. The van der Waals surface area contributed by atoms with Gasteiger partial charge < -0.3 is 5.32 Å². The second-order valence-corrected chi connectivity index (χ2v) is 7.41. The van der Waals surface area contributed by atoms with Gasteiger partial charge in [-0.25, -0.2) is 0 Å². The van der Waals surface area contributed by atoms with Crippen LogP contribution >= 0.6 is 0 Å². The summed E-state index contributed by atoms with van der Waals surface area (Å²) in [7, 11) is 0. The molecule has 1 spiro atoms. The SMILES string of the molecule is C1CCC2(CC1)CN(C1CCN(C3CC3)C1)CCN2. The van der Waals surface area contributed by atoms with Gasteiger partial charge in [0.15, 0.2) is 0 Å². The highest BCUT2D eigenvalue weighted by Gasteiger charge is 2.41. The van der Waals surface area contributed by atoms with Gasteiger partial charge in [0.1, 0.15) is 0 Å². The van der Waals surface area contributed by atoms with Crippen molar-refractivity contribution in [1.29, 1.82) is 0 Å². The Morgan fingerprint density at radius 3 is 2.47 bits per heavy atom. The van der Waals surface area contributed by atoms with Crippen LogP contribution in [0.15, 0.2) is 0 Å². The van der Waals surface area contributed by atoms with E-state index in [4.69, 9.17) is 0 Å².